The molecule has 1 rings (SSSR count). The van der Waals surface area contributed by atoms with Crippen molar-refractivity contribution in [1.29, 1.82) is 0 Å². The number of ether oxygens (including phenoxy) is 1. The van der Waals surface area contributed by atoms with Crippen LogP contribution in [-0.4, -0.2) is 19.8 Å². The molecule has 0 amide bonds. The summed E-state index contributed by atoms with van der Waals surface area (Å²) in [5.41, 5.74) is 1.29. The lowest BCUT2D eigenvalue weighted by Gasteiger charge is -2.24. The third kappa shape index (κ3) is 5.19. The van der Waals surface area contributed by atoms with Crippen LogP contribution in [0, 0.1) is 0 Å². The first-order valence-corrected chi connectivity index (χ1v) is 7.13. The molecule has 2 heteroatoms. The lowest BCUT2D eigenvalue weighted by atomic mass is 10.0. The molecule has 2 unspecified atom stereocenters. The molecule has 0 radical (unpaired) electrons. The van der Waals surface area contributed by atoms with Crippen LogP contribution in [0.4, 0.5) is 0 Å². The van der Waals surface area contributed by atoms with Gasteiger partial charge in [-0.2, -0.15) is 0 Å². The molecular weight excluding hydrogens is 222 g/mol. The molecule has 18 heavy (non-hydrogen) atoms. The molecule has 0 heterocycles. The first-order chi connectivity index (χ1) is 8.79. The smallest absolute Gasteiger partial charge is 0.0741 e. The van der Waals surface area contributed by atoms with E-state index in [9.17, 15) is 0 Å². The third-order valence-corrected chi connectivity index (χ3v) is 3.32. The van der Waals surface area contributed by atoms with Crippen LogP contribution in [0.3, 0.4) is 0 Å². The van der Waals surface area contributed by atoms with Crippen molar-refractivity contribution in [3.8, 4) is 0 Å². The van der Waals surface area contributed by atoms with Crippen LogP contribution in [0.25, 0.3) is 0 Å². The fourth-order valence-electron chi connectivity index (χ4n) is 2.23. The van der Waals surface area contributed by atoms with Gasteiger partial charge in [0.15, 0.2) is 0 Å². The molecule has 0 aromatic heterocycles. The number of likely N-dealkylation sites (N-methyl/N-ethyl adjacent to an activating group) is 1. The number of nitrogens with one attached hydrogen (secondary N) is 1. The molecule has 1 aromatic rings. The monoisotopic (exact) mass is 249 g/mol. The van der Waals surface area contributed by atoms with Gasteiger partial charge < -0.3 is 10.1 Å². The van der Waals surface area contributed by atoms with Crippen LogP contribution in [0.5, 0.6) is 0 Å². The standard InChI is InChI=1S/C16H27NO/c1-4-5-6-10-13-18-14(2)16(17-3)15-11-8-7-9-12-15/h7-9,11-12,14,16-17H,4-6,10,13H2,1-3H3. The highest BCUT2D eigenvalue weighted by Crippen LogP contribution is 2.18. The highest BCUT2D eigenvalue weighted by atomic mass is 16.5. The van der Waals surface area contributed by atoms with Crippen molar-refractivity contribution >= 4 is 0 Å². The number of hydrogen-bond donors (Lipinski definition) is 1. The zero-order valence-corrected chi connectivity index (χ0v) is 12.0. The molecule has 0 aliphatic heterocycles. The summed E-state index contributed by atoms with van der Waals surface area (Å²) in [6, 6.07) is 10.8. The predicted molar refractivity (Wildman–Crippen MR) is 77.8 cm³/mol. The van der Waals surface area contributed by atoms with E-state index in [1.54, 1.807) is 0 Å². The van der Waals surface area contributed by atoms with Gasteiger partial charge in [0.2, 0.25) is 0 Å². The van der Waals surface area contributed by atoms with Crippen molar-refractivity contribution in [2.75, 3.05) is 13.7 Å². The van der Waals surface area contributed by atoms with Crippen molar-refractivity contribution in [2.45, 2.75) is 51.7 Å². The minimum absolute atomic E-state index is 0.207. The number of benzene rings is 1. The summed E-state index contributed by atoms with van der Waals surface area (Å²) in [6.45, 7) is 5.25. The van der Waals surface area contributed by atoms with Gasteiger partial charge in [0.1, 0.15) is 0 Å². The summed E-state index contributed by atoms with van der Waals surface area (Å²) in [5, 5.41) is 3.35. The van der Waals surface area contributed by atoms with Crippen molar-refractivity contribution in [2.24, 2.45) is 0 Å². The van der Waals surface area contributed by atoms with Crippen LogP contribution >= 0.6 is 0 Å². The van der Waals surface area contributed by atoms with Gasteiger partial charge >= 0.3 is 0 Å². The Morgan fingerprint density at radius 2 is 1.83 bits per heavy atom. The maximum absolute atomic E-state index is 5.93. The number of rotatable bonds is 9. The second-order valence-corrected chi connectivity index (χ2v) is 4.81. The fraction of sp³-hybridized carbons (Fsp3) is 0.625. The highest BCUT2D eigenvalue weighted by molar-refractivity contribution is 5.19. The van der Waals surface area contributed by atoms with E-state index in [1.165, 1.54) is 31.2 Å². The maximum Gasteiger partial charge on any atom is 0.0741 e. The topological polar surface area (TPSA) is 21.3 Å². The average molecular weight is 249 g/mol. The third-order valence-electron chi connectivity index (χ3n) is 3.32. The Morgan fingerprint density at radius 1 is 1.11 bits per heavy atom. The van der Waals surface area contributed by atoms with Gasteiger partial charge in [0.25, 0.3) is 0 Å². The molecule has 2 atom stereocenters. The first-order valence-electron chi connectivity index (χ1n) is 7.13. The van der Waals surface area contributed by atoms with E-state index in [2.05, 4.69) is 43.4 Å². The minimum atomic E-state index is 0.207. The summed E-state index contributed by atoms with van der Waals surface area (Å²) >= 11 is 0. The van der Waals surface area contributed by atoms with E-state index in [0.29, 0.717) is 0 Å². The maximum atomic E-state index is 5.93. The van der Waals surface area contributed by atoms with Crippen LogP contribution in [0.2, 0.25) is 0 Å². The van der Waals surface area contributed by atoms with Gasteiger partial charge in [-0.05, 0) is 26.0 Å². The van der Waals surface area contributed by atoms with Crippen molar-refractivity contribution in [3.63, 3.8) is 0 Å². The van der Waals surface area contributed by atoms with Gasteiger partial charge in [0.05, 0.1) is 12.1 Å². The van der Waals surface area contributed by atoms with Gasteiger partial charge in [-0.15, -0.1) is 0 Å². The van der Waals surface area contributed by atoms with Gasteiger partial charge in [-0.1, -0.05) is 56.5 Å². The van der Waals surface area contributed by atoms with E-state index in [1.807, 2.05) is 13.1 Å². The zero-order chi connectivity index (χ0) is 13.2. The summed E-state index contributed by atoms with van der Waals surface area (Å²) in [6.07, 6.45) is 5.24. The molecule has 0 spiro atoms. The summed E-state index contributed by atoms with van der Waals surface area (Å²) in [7, 11) is 1.99. The molecule has 102 valence electrons. The predicted octanol–water partition coefficient (Wildman–Crippen LogP) is 3.93. The molecule has 1 aromatic carbocycles. The lowest BCUT2D eigenvalue weighted by molar-refractivity contribution is 0.0380. The van der Waals surface area contributed by atoms with Crippen LogP contribution < -0.4 is 5.32 Å². The largest absolute Gasteiger partial charge is 0.377 e. The number of hydrogen-bond acceptors (Lipinski definition) is 2. The quantitative estimate of drug-likeness (QED) is 0.669. The van der Waals surface area contributed by atoms with E-state index >= 15 is 0 Å². The summed E-state index contributed by atoms with van der Waals surface area (Å²) < 4.78 is 5.93. The molecule has 1 N–H and O–H groups in total. The molecule has 0 bridgehead atoms. The zero-order valence-electron chi connectivity index (χ0n) is 12.0. The first kappa shape index (κ1) is 15.2. The Balaban J connectivity index is 2.36. The second kappa shape index (κ2) is 9.12. The Bertz CT molecular complexity index is 299. The Morgan fingerprint density at radius 3 is 2.44 bits per heavy atom. The van der Waals surface area contributed by atoms with Crippen LogP contribution in [-0.2, 0) is 4.74 Å². The van der Waals surface area contributed by atoms with E-state index in [4.69, 9.17) is 4.74 Å². The van der Waals surface area contributed by atoms with Crippen molar-refractivity contribution < 1.29 is 4.74 Å². The normalized spacial score (nSPS) is 14.4. The van der Waals surface area contributed by atoms with Gasteiger partial charge in [-0.25, -0.2) is 0 Å². The molecular formula is C16H27NO. The Kier molecular flexibility index (Phi) is 7.70. The average Bonchev–Trinajstić information content (AvgIpc) is 2.40. The van der Waals surface area contributed by atoms with E-state index < -0.39 is 0 Å². The summed E-state index contributed by atoms with van der Waals surface area (Å²) in [5.74, 6) is 0. The summed E-state index contributed by atoms with van der Waals surface area (Å²) in [4.78, 5) is 0. The fourth-order valence-corrected chi connectivity index (χ4v) is 2.23. The Hall–Kier alpha value is -0.860. The molecule has 0 saturated carbocycles. The highest BCUT2D eigenvalue weighted by Gasteiger charge is 2.17. The molecule has 0 saturated heterocycles. The van der Waals surface area contributed by atoms with Crippen LogP contribution in [0.15, 0.2) is 30.3 Å². The molecule has 2 nitrogen and oxygen atoms in total. The lowest BCUT2D eigenvalue weighted by Crippen LogP contribution is -2.29. The van der Waals surface area contributed by atoms with Crippen molar-refractivity contribution in [3.05, 3.63) is 35.9 Å². The van der Waals surface area contributed by atoms with Crippen LogP contribution in [0.1, 0.15) is 51.1 Å². The van der Waals surface area contributed by atoms with Crippen molar-refractivity contribution in [1.82, 2.24) is 5.32 Å². The molecule has 0 aliphatic rings. The number of unbranched alkanes of at least 4 members (excludes halogenated alkanes) is 3. The van der Waals surface area contributed by atoms with E-state index in [0.717, 1.165) is 6.61 Å². The van der Waals surface area contributed by atoms with E-state index in [-0.39, 0.29) is 12.1 Å². The minimum Gasteiger partial charge on any atom is -0.377 e. The Labute approximate surface area is 112 Å². The molecule has 0 aliphatic carbocycles. The van der Waals surface area contributed by atoms with Gasteiger partial charge in [-0.3, -0.25) is 0 Å². The molecule has 0 fully saturated rings. The van der Waals surface area contributed by atoms with Gasteiger partial charge in [0, 0.05) is 6.61 Å². The second-order valence-electron chi connectivity index (χ2n) is 4.81. The SMILES string of the molecule is CCCCCCOC(C)C(NC)c1ccccc1.